The highest BCUT2D eigenvalue weighted by atomic mass is 16.3. The van der Waals surface area contributed by atoms with E-state index in [1.165, 1.54) is 0 Å². The number of benzene rings is 1. The zero-order chi connectivity index (χ0) is 14.5. The third-order valence-electron chi connectivity index (χ3n) is 3.04. The molecule has 4 N–H and O–H groups in total. The molecule has 1 unspecified atom stereocenters. The number of aliphatic hydroxyl groups excluding tert-OH is 1. The van der Waals surface area contributed by atoms with Gasteiger partial charge in [0.25, 0.3) is 5.56 Å². The zero-order valence-electron chi connectivity index (χ0n) is 11.3. The predicted octanol–water partition coefficient (Wildman–Crippen LogP) is 0.991. The standard InChI is InChI=1S/C14H18N4O2/c1-2-18-8-7-16-13(14(18)20)17-9-12(19)10-3-5-11(15)6-4-10/h3-8,12,19H,2,9,15H2,1H3,(H,16,17). The number of nitrogens with zero attached hydrogens (tertiary/aromatic N) is 2. The summed E-state index contributed by atoms with van der Waals surface area (Å²) < 4.78 is 1.55. The molecule has 1 aromatic carbocycles. The van der Waals surface area contributed by atoms with Crippen LogP contribution in [0.5, 0.6) is 0 Å². The number of nitrogens with two attached hydrogens (primary N) is 1. The number of hydrogen-bond donors (Lipinski definition) is 3. The summed E-state index contributed by atoms with van der Waals surface area (Å²) in [6, 6.07) is 6.96. The number of hydrogen-bond acceptors (Lipinski definition) is 5. The molecule has 0 amide bonds. The lowest BCUT2D eigenvalue weighted by atomic mass is 10.1. The molecule has 2 aromatic rings. The Bertz CT molecular complexity index is 622. The summed E-state index contributed by atoms with van der Waals surface area (Å²) >= 11 is 0. The fraction of sp³-hybridized carbons (Fsp3) is 0.286. The van der Waals surface area contributed by atoms with Gasteiger partial charge in [-0.15, -0.1) is 0 Å². The van der Waals surface area contributed by atoms with E-state index in [1.807, 2.05) is 6.92 Å². The van der Waals surface area contributed by atoms with Gasteiger partial charge in [-0.1, -0.05) is 12.1 Å². The van der Waals surface area contributed by atoms with E-state index in [0.717, 1.165) is 5.56 Å². The first-order chi connectivity index (χ1) is 9.61. The Morgan fingerprint density at radius 1 is 1.40 bits per heavy atom. The molecule has 1 aromatic heterocycles. The van der Waals surface area contributed by atoms with E-state index in [-0.39, 0.29) is 17.9 Å². The minimum atomic E-state index is -0.730. The summed E-state index contributed by atoms with van der Waals surface area (Å²) in [4.78, 5) is 15.9. The van der Waals surface area contributed by atoms with Crippen LogP contribution in [0.1, 0.15) is 18.6 Å². The second-order valence-corrected chi connectivity index (χ2v) is 4.43. The highest BCUT2D eigenvalue weighted by molar-refractivity contribution is 5.40. The Hall–Kier alpha value is -2.34. The van der Waals surface area contributed by atoms with Gasteiger partial charge in [-0.25, -0.2) is 4.98 Å². The summed E-state index contributed by atoms with van der Waals surface area (Å²) in [5.41, 5.74) is 6.78. The molecule has 1 heterocycles. The van der Waals surface area contributed by atoms with Crippen LogP contribution in [-0.4, -0.2) is 21.2 Å². The van der Waals surface area contributed by atoms with Crippen molar-refractivity contribution in [3.63, 3.8) is 0 Å². The number of anilines is 2. The maximum atomic E-state index is 11.9. The van der Waals surface area contributed by atoms with Crippen molar-refractivity contribution in [2.24, 2.45) is 0 Å². The van der Waals surface area contributed by atoms with Gasteiger partial charge in [-0.2, -0.15) is 0 Å². The molecule has 0 spiro atoms. The average Bonchev–Trinajstić information content (AvgIpc) is 2.46. The highest BCUT2D eigenvalue weighted by Crippen LogP contribution is 2.14. The van der Waals surface area contributed by atoms with Crippen molar-refractivity contribution in [1.82, 2.24) is 9.55 Å². The summed E-state index contributed by atoms with van der Waals surface area (Å²) in [7, 11) is 0. The first-order valence-electron chi connectivity index (χ1n) is 6.44. The Labute approximate surface area is 116 Å². The first-order valence-corrected chi connectivity index (χ1v) is 6.44. The van der Waals surface area contributed by atoms with Crippen molar-refractivity contribution in [2.45, 2.75) is 19.6 Å². The third kappa shape index (κ3) is 3.16. The van der Waals surface area contributed by atoms with Gasteiger partial charge < -0.3 is 20.7 Å². The molecule has 2 rings (SSSR count). The van der Waals surface area contributed by atoms with E-state index in [9.17, 15) is 9.90 Å². The molecule has 6 nitrogen and oxygen atoms in total. The van der Waals surface area contributed by atoms with Crippen LogP contribution in [0.25, 0.3) is 0 Å². The molecule has 1 atom stereocenters. The summed E-state index contributed by atoms with van der Waals surface area (Å²) in [6.45, 7) is 2.67. The van der Waals surface area contributed by atoms with Gasteiger partial charge in [0.1, 0.15) is 0 Å². The zero-order valence-corrected chi connectivity index (χ0v) is 11.3. The van der Waals surface area contributed by atoms with Crippen molar-refractivity contribution in [1.29, 1.82) is 0 Å². The van der Waals surface area contributed by atoms with E-state index in [2.05, 4.69) is 10.3 Å². The normalized spacial score (nSPS) is 12.1. The van der Waals surface area contributed by atoms with E-state index >= 15 is 0 Å². The lowest BCUT2D eigenvalue weighted by molar-refractivity contribution is 0.191. The molecule has 6 heteroatoms. The smallest absolute Gasteiger partial charge is 0.293 e. The molecule has 0 radical (unpaired) electrons. The highest BCUT2D eigenvalue weighted by Gasteiger charge is 2.09. The van der Waals surface area contributed by atoms with E-state index in [1.54, 1.807) is 41.2 Å². The van der Waals surface area contributed by atoms with Gasteiger partial charge in [-0.3, -0.25) is 4.79 Å². The van der Waals surface area contributed by atoms with Crippen LogP contribution in [0, 0.1) is 0 Å². The minimum absolute atomic E-state index is 0.195. The fourth-order valence-electron chi connectivity index (χ4n) is 1.85. The van der Waals surface area contributed by atoms with Gasteiger partial charge >= 0.3 is 0 Å². The average molecular weight is 274 g/mol. The number of aryl methyl sites for hydroxylation is 1. The number of nitrogens with one attached hydrogen (secondary N) is 1. The van der Waals surface area contributed by atoms with Crippen LogP contribution in [0.4, 0.5) is 11.5 Å². The molecular weight excluding hydrogens is 256 g/mol. The van der Waals surface area contributed by atoms with Crippen molar-refractivity contribution in [2.75, 3.05) is 17.6 Å². The molecule has 0 saturated carbocycles. The fourth-order valence-corrected chi connectivity index (χ4v) is 1.85. The molecule has 0 aliphatic rings. The van der Waals surface area contributed by atoms with E-state index in [4.69, 9.17) is 5.73 Å². The lowest BCUT2D eigenvalue weighted by Gasteiger charge is -2.13. The predicted molar refractivity (Wildman–Crippen MR) is 78.5 cm³/mol. The molecule has 20 heavy (non-hydrogen) atoms. The Balaban J connectivity index is 2.05. The Morgan fingerprint density at radius 3 is 2.75 bits per heavy atom. The molecule has 0 fully saturated rings. The van der Waals surface area contributed by atoms with Gasteiger partial charge in [0.05, 0.1) is 6.10 Å². The van der Waals surface area contributed by atoms with E-state index < -0.39 is 6.10 Å². The van der Waals surface area contributed by atoms with Crippen molar-refractivity contribution in [3.05, 3.63) is 52.6 Å². The Kier molecular flexibility index (Phi) is 4.37. The summed E-state index contributed by atoms with van der Waals surface area (Å²) in [5, 5.41) is 12.9. The number of aromatic nitrogens is 2. The topological polar surface area (TPSA) is 93.2 Å². The van der Waals surface area contributed by atoms with Crippen molar-refractivity contribution in [3.8, 4) is 0 Å². The molecule has 0 aliphatic carbocycles. The molecule has 106 valence electrons. The minimum Gasteiger partial charge on any atom is -0.399 e. The molecule has 0 bridgehead atoms. The van der Waals surface area contributed by atoms with Crippen LogP contribution < -0.4 is 16.6 Å². The lowest BCUT2D eigenvalue weighted by Crippen LogP contribution is -2.25. The van der Waals surface area contributed by atoms with Crippen LogP contribution in [0.3, 0.4) is 0 Å². The third-order valence-corrected chi connectivity index (χ3v) is 3.04. The van der Waals surface area contributed by atoms with Crippen molar-refractivity contribution >= 4 is 11.5 Å². The van der Waals surface area contributed by atoms with Gasteiger partial charge in [0.2, 0.25) is 0 Å². The molecule has 0 aliphatic heterocycles. The van der Waals surface area contributed by atoms with Crippen molar-refractivity contribution < 1.29 is 5.11 Å². The number of rotatable bonds is 5. The largest absolute Gasteiger partial charge is 0.399 e. The molecule has 0 saturated heterocycles. The van der Waals surface area contributed by atoms with E-state index in [0.29, 0.717) is 12.2 Å². The van der Waals surface area contributed by atoms with Gasteiger partial charge in [-0.05, 0) is 24.6 Å². The quantitative estimate of drug-likeness (QED) is 0.707. The maximum Gasteiger partial charge on any atom is 0.293 e. The van der Waals surface area contributed by atoms with Crippen LogP contribution >= 0.6 is 0 Å². The van der Waals surface area contributed by atoms with Crippen LogP contribution in [-0.2, 0) is 6.54 Å². The summed E-state index contributed by atoms with van der Waals surface area (Å²) in [5.74, 6) is 0.240. The molecular formula is C14H18N4O2. The van der Waals surface area contributed by atoms with Gasteiger partial charge in [0, 0.05) is 31.2 Å². The SMILES string of the molecule is CCn1ccnc(NCC(O)c2ccc(N)cc2)c1=O. The second kappa shape index (κ2) is 6.21. The number of aliphatic hydroxyl groups is 1. The Morgan fingerprint density at radius 2 is 2.10 bits per heavy atom. The van der Waals surface area contributed by atoms with Crippen LogP contribution in [0.15, 0.2) is 41.5 Å². The first kappa shape index (κ1) is 14.1. The number of nitrogen functional groups attached to an aromatic ring is 1. The van der Waals surface area contributed by atoms with Crippen LogP contribution in [0.2, 0.25) is 0 Å². The van der Waals surface area contributed by atoms with Gasteiger partial charge in [0.15, 0.2) is 5.82 Å². The summed E-state index contributed by atoms with van der Waals surface area (Å²) in [6.07, 6.45) is 2.46. The monoisotopic (exact) mass is 274 g/mol. The second-order valence-electron chi connectivity index (χ2n) is 4.43. The maximum absolute atomic E-state index is 11.9.